The smallest absolute Gasteiger partial charge is 0.269 e. The number of rotatable bonds is 3. The standard InChI is InChI=1S/C18H11ClN4O2S/c19-13-5-1-12(2-6-13)16-10-22-17(26)15(9-20-18(22)21-16)11-3-7-14(8-4-11)23(24)25/h1-10H,(H,20,21). The molecule has 0 spiro atoms. The maximum absolute atomic E-state index is 10.8. The van der Waals surface area contributed by atoms with E-state index < -0.39 is 4.92 Å². The van der Waals surface area contributed by atoms with Crippen LogP contribution in [0.4, 0.5) is 5.69 Å². The summed E-state index contributed by atoms with van der Waals surface area (Å²) < 4.78 is 2.36. The van der Waals surface area contributed by atoms with Crippen LogP contribution in [0.5, 0.6) is 0 Å². The average Bonchev–Trinajstić information content (AvgIpc) is 3.08. The molecular weight excluding hydrogens is 372 g/mol. The summed E-state index contributed by atoms with van der Waals surface area (Å²) in [5.74, 6) is 0.616. The van der Waals surface area contributed by atoms with Crippen molar-refractivity contribution in [2.75, 3.05) is 0 Å². The Balaban J connectivity index is 1.81. The lowest BCUT2D eigenvalue weighted by molar-refractivity contribution is -0.384. The molecule has 128 valence electrons. The second kappa shape index (κ2) is 6.36. The summed E-state index contributed by atoms with van der Waals surface area (Å²) in [5, 5.41) is 11.5. The summed E-state index contributed by atoms with van der Waals surface area (Å²) >= 11 is 11.5. The molecule has 4 aromatic rings. The van der Waals surface area contributed by atoms with Crippen LogP contribution in [0.1, 0.15) is 0 Å². The molecule has 2 aromatic carbocycles. The third-order valence-electron chi connectivity index (χ3n) is 4.04. The van der Waals surface area contributed by atoms with Gasteiger partial charge in [0.2, 0.25) is 5.78 Å². The van der Waals surface area contributed by atoms with Crippen LogP contribution in [-0.4, -0.2) is 19.3 Å². The number of fused-ring (bicyclic) bond motifs is 1. The highest BCUT2D eigenvalue weighted by molar-refractivity contribution is 7.71. The first-order chi connectivity index (χ1) is 12.5. The number of hydrogen-bond donors (Lipinski definition) is 1. The zero-order valence-electron chi connectivity index (χ0n) is 13.2. The number of H-pyrrole nitrogens is 1. The van der Waals surface area contributed by atoms with Gasteiger partial charge in [-0.1, -0.05) is 36.0 Å². The fourth-order valence-corrected chi connectivity index (χ4v) is 3.14. The molecule has 0 unspecified atom stereocenters. The van der Waals surface area contributed by atoms with Crippen molar-refractivity contribution < 1.29 is 4.92 Å². The van der Waals surface area contributed by atoms with Crippen LogP contribution < -0.4 is 0 Å². The number of imidazole rings is 1. The van der Waals surface area contributed by atoms with Crippen LogP contribution in [0, 0.1) is 14.8 Å². The quantitative estimate of drug-likeness (QED) is 0.297. The van der Waals surface area contributed by atoms with Gasteiger partial charge in [0.05, 0.1) is 10.6 Å². The van der Waals surface area contributed by atoms with E-state index in [1.807, 2.05) is 30.5 Å². The fourth-order valence-electron chi connectivity index (χ4n) is 2.70. The van der Waals surface area contributed by atoms with Crippen molar-refractivity contribution in [1.29, 1.82) is 0 Å². The zero-order valence-corrected chi connectivity index (χ0v) is 14.8. The van der Waals surface area contributed by atoms with Gasteiger partial charge in [-0.05, 0) is 35.4 Å². The minimum atomic E-state index is -0.431. The van der Waals surface area contributed by atoms with Gasteiger partial charge < -0.3 is 4.98 Å². The highest BCUT2D eigenvalue weighted by atomic mass is 35.5. The van der Waals surface area contributed by atoms with Gasteiger partial charge in [-0.2, -0.15) is 0 Å². The third kappa shape index (κ3) is 2.87. The van der Waals surface area contributed by atoms with Crippen molar-refractivity contribution in [1.82, 2.24) is 14.4 Å². The number of hydrogen-bond acceptors (Lipinski definition) is 4. The molecule has 0 bridgehead atoms. The van der Waals surface area contributed by atoms with Crippen LogP contribution in [0.2, 0.25) is 5.02 Å². The Morgan fingerprint density at radius 3 is 2.38 bits per heavy atom. The Kier molecular flexibility index (Phi) is 4.02. The largest absolute Gasteiger partial charge is 0.323 e. The van der Waals surface area contributed by atoms with Crippen LogP contribution in [-0.2, 0) is 0 Å². The molecule has 1 N–H and O–H groups in total. The number of benzene rings is 2. The van der Waals surface area contributed by atoms with E-state index in [4.69, 9.17) is 23.8 Å². The van der Waals surface area contributed by atoms with E-state index in [0.29, 0.717) is 15.4 Å². The number of non-ortho nitro benzene ring substituents is 1. The molecule has 0 radical (unpaired) electrons. The van der Waals surface area contributed by atoms with Gasteiger partial charge in [-0.25, -0.2) is 4.98 Å². The van der Waals surface area contributed by atoms with Crippen LogP contribution >= 0.6 is 23.8 Å². The number of nitro benzene ring substituents is 1. The maximum Gasteiger partial charge on any atom is 0.269 e. The van der Waals surface area contributed by atoms with Crippen molar-refractivity contribution in [3.8, 4) is 22.4 Å². The van der Waals surface area contributed by atoms with E-state index in [1.165, 1.54) is 12.1 Å². The average molecular weight is 383 g/mol. The summed E-state index contributed by atoms with van der Waals surface area (Å²) in [6, 6.07) is 13.7. The number of nitrogens with zero attached hydrogens (tertiary/aromatic N) is 3. The van der Waals surface area contributed by atoms with E-state index >= 15 is 0 Å². The molecule has 0 saturated heterocycles. The number of nitrogens with one attached hydrogen (secondary N) is 1. The molecule has 2 aromatic heterocycles. The maximum atomic E-state index is 10.8. The Morgan fingerprint density at radius 1 is 1.08 bits per heavy atom. The summed E-state index contributed by atoms with van der Waals surface area (Å²) in [6.07, 6.45) is 3.55. The predicted octanol–water partition coefficient (Wildman–Crippen LogP) is 5.29. The van der Waals surface area contributed by atoms with Crippen LogP contribution in [0.3, 0.4) is 0 Å². The van der Waals surface area contributed by atoms with Crippen molar-refractivity contribution >= 4 is 35.3 Å². The lowest BCUT2D eigenvalue weighted by Crippen LogP contribution is -1.93. The van der Waals surface area contributed by atoms with Gasteiger partial charge in [0.15, 0.2) is 0 Å². The molecule has 6 nitrogen and oxygen atoms in total. The van der Waals surface area contributed by atoms with Crippen LogP contribution in [0.25, 0.3) is 28.2 Å². The van der Waals surface area contributed by atoms with E-state index in [1.54, 1.807) is 22.7 Å². The molecule has 0 amide bonds. The summed E-state index contributed by atoms with van der Waals surface area (Å²) in [6.45, 7) is 0. The van der Waals surface area contributed by atoms with Crippen molar-refractivity contribution in [2.45, 2.75) is 0 Å². The molecule has 26 heavy (non-hydrogen) atoms. The second-order valence-electron chi connectivity index (χ2n) is 5.65. The van der Waals surface area contributed by atoms with Crippen LogP contribution in [0.15, 0.2) is 60.9 Å². The van der Waals surface area contributed by atoms with Gasteiger partial charge in [-0.15, -0.1) is 0 Å². The Bertz CT molecular complexity index is 1180. The number of halogens is 1. The Morgan fingerprint density at radius 2 is 1.73 bits per heavy atom. The molecular formula is C18H11ClN4O2S. The predicted molar refractivity (Wildman–Crippen MR) is 103 cm³/mol. The highest BCUT2D eigenvalue weighted by Crippen LogP contribution is 2.26. The van der Waals surface area contributed by atoms with Gasteiger partial charge in [-0.3, -0.25) is 14.5 Å². The molecule has 2 heterocycles. The first-order valence-electron chi connectivity index (χ1n) is 7.64. The Labute approximate surface area is 157 Å². The zero-order chi connectivity index (χ0) is 18.3. The molecule has 0 atom stereocenters. The Hall–Kier alpha value is -3.03. The van der Waals surface area contributed by atoms with E-state index in [0.717, 1.165) is 22.4 Å². The molecule has 0 aliphatic rings. The lowest BCUT2D eigenvalue weighted by Gasteiger charge is -2.02. The monoisotopic (exact) mass is 382 g/mol. The first kappa shape index (κ1) is 16.4. The molecule has 0 fully saturated rings. The van der Waals surface area contributed by atoms with Gasteiger partial charge >= 0.3 is 0 Å². The lowest BCUT2D eigenvalue weighted by atomic mass is 10.1. The van der Waals surface area contributed by atoms with E-state index in [-0.39, 0.29) is 5.69 Å². The minimum absolute atomic E-state index is 0.0352. The second-order valence-corrected chi connectivity index (χ2v) is 6.47. The topological polar surface area (TPSA) is 76.2 Å². The minimum Gasteiger partial charge on any atom is -0.323 e. The SMILES string of the molecule is O=[N+]([O-])c1ccc(-c2cnc3[nH]c(-c4ccc(Cl)cc4)cn3c2=S)cc1. The number of nitro groups is 1. The highest BCUT2D eigenvalue weighted by Gasteiger charge is 2.10. The molecule has 8 heteroatoms. The normalized spacial score (nSPS) is 11.0. The van der Waals surface area contributed by atoms with Crippen molar-refractivity contribution in [3.05, 3.63) is 80.7 Å². The summed E-state index contributed by atoms with van der Waals surface area (Å²) in [4.78, 5) is 18.0. The van der Waals surface area contributed by atoms with Gasteiger partial charge in [0.25, 0.3) is 5.69 Å². The van der Waals surface area contributed by atoms with Gasteiger partial charge in [0, 0.05) is 35.1 Å². The van der Waals surface area contributed by atoms with E-state index in [2.05, 4.69) is 9.97 Å². The summed E-state index contributed by atoms with van der Waals surface area (Å²) in [5.41, 5.74) is 3.37. The summed E-state index contributed by atoms with van der Waals surface area (Å²) in [7, 11) is 0. The molecule has 0 aliphatic heterocycles. The van der Waals surface area contributed by atoms with Gasteiger partial charge in [0.1, 0.15) is 4.64 Å². The number of aromatic nitrogens is 3. The molecule has 4 rings (SSSR count). The number of aromatic amines is 1. The first-order valence-corrected chi connectivity index (χ1v) is 8.43. The molecule has 0 saturated carbocycles. The molecule has 0 aliphatic carbocycles. The fraction of sp³-hybridized carbons (Fsp3) is 0. The van der Waals surface area contributed by atoms with Crippen molar-refractivity contribution in [2.24, 2.45) is 0 Å². The van der Waals surface area contributed by atoms with E-state index in [9.17, 15) is 10.1 Å². The third-order valence-corrected chi connectivity index (χ3v) is 4.71. The van der Waals surface area contributed by atoms with Crippen molar-refractivity contribution in [3.63, 3.8) is 0 Å².